The van der Waals surface area contributed by atoms with Gasteiger partial charge in [-0.2, -0.15) is 0 Å². The third-order valence-electron chi connectivity index (χ3n) is 4.14. The van der Waals surface area contributed by atoms with Crippen molar-refractivity contribution < 1.29 is 9.47 Å². The second kappa shape index (κ2) is 6.46. The molecule has 4 nitrogen and oxygen atoms in total. The molecule has 1 atom stereocenters. The van der Waals surface area contributed by atoms with Crippen molar-refractivity contribution in [3.05, 3.63) is 24.3 Å². The average Bonchev–Trinajstić information content (AvgIpc) is 3.23. The highest BCUT2D eigenvalue weighted by atomic mass is 16.5. The summed E-state index contributed by atoms with van der Waals surface area (Å²) in [6, 6.07) is 9.32. The van der Waals surface area contributed by atoms with Crippen molar-refractivity contribution in [1.29, 1.82) is 0 Å². The molecule has 0 bridgehead atoms. The number of methoxy groups -OCH3 is 1. The molecule has 20 heavy (non-hydrogen) atoms. The van der Waals surface area contributed by atoms with Crippen molar-refractivity contribution in [1.82, 2.24) is 10.2 Å². The smallest absolute Gasteiger partial charge is 0.161 e. The Hall–Kier alpha value is -1.26. The van der Waals surface area contributed by atoms with E-state index in [2.05, 4.69) is 10.2 Å². The summed E-state index contributed by atoms with van der Waals surface area (Å²) in [5, 5.41) is 3.59. The lowest BCUT2D eigenvalue weighted by Crippen LogP contribution is -2.35. The fourth-order valence-corrected chi connectivity index (χ4v) is 2.89. The third-order valence-corrected chi connectivity index (χ3v) is 4.14. The summed E-state index contributed by atoms with van der Waals surface area (Å²) in [7, 11) is 1.67. The highest BCUT2D eigenvalue weighted by molar-refractivity contribution is 5.39. The van der Waals surface area contributed by atoms with E-state index in [1.54, 1.807) is 7.11 Å². The lowest BCUT2D eigenvalue weighted by atomic mass is 10.2. The minimum atomic E-state index is 0.636. The summed E-state index contributed by atoms with van der Waals surface area (Å²) >= 11 is 0. The molecular formula is C16H24N2O2. The van der Waals surface area contributed by atoms with Gasteiger partial charge in [-0.3, -0.25) is 4.90 Å². The van der Waals surface area contributed by atoms with Crippen molar-refractivity contribution in [3.63, 3.8) is 0 Å². The van der Waals surface area contributed by atoms with Crippen LogP contribution < -0.4 is 14.8 Å². The summed E-state index contributed by atoms with van der Waals surface area (Å²) in [6.45, 7) is 4.04. The van der Waals surface area contributed by atoms with E-state index in [-0.39, 0.29) is 0 Å². The lowest BCUT2D eigenvalue weighted by Gasteiger charge is -2.16. The van der Waals surface area contributed by atoms with Crippen LogP contribution in [0.2, 0.25) is 0 Å². The van der Waals surface area contributed by atoms with E-state index in [0.29, 0.717) is 12.6 Å². The van der Waals surface area contributed by atoms with Crippen molar-refractivity contribution >= 4 is 0 Å². The summed E-state index contributed by atoms with van der Waals surface area (Å²) in [6.07, 6.45) is 4.08. The van der Waals surface area contributed by atoms with Gasteiger partial charge in [0, 0.05) is 31.7 Å². The minimum absolute atomic E-state index is 0.636. The van der Waals surface area contributed by atoms with Crippen LogP contribution in [0.1, 0.15) is 19.3 Å². The molecule has 1 N–H and O–H groups in total. The predicted octanol–water partition coefficient (Wildman–Crippen LogP) is 1.90. The number of hydrogen-bond acceptors (Lipinski definition) is 4. The van der Waals surface area contributed by atoms with Crippen LogP contribution in [0.3, 0.4) is 0 Å². The normalized spacial score (nSPS) is 22.9. The third kappa shape index (κ3) is 3.44. The zero-order chi connectivity index (χ0) is 13.8. The molecule has 1 saturated heterocycles. The Morgan fingerprint density at radius 1 is 1.20 bits per heavy atom. The molecule has 1 aliphatic carbocycles. The van der Waals surface area contributed by atoms with Gasteiger partial charge in [0.2, 0.25) is 0 Å². The number of para-hydroxylation sites is 2. The fourth-order valence-electron chi connectivity index (χ4n) is 2.89. The number of nitrogens with zero attached hydrogens (tertiary/aromatic N) is 1. The van der Waals surface area contributed by atoms with Crippen LogP contribution in [0.25, 0.3) is 0 Å². The Morgan fingerprint density at radius 2 is 2.00 bits per heavy atom. The maximum absolute atomic E-state index is 5.77. The average molecular weight is 276 g/mol. The van der Waals surface area contributed by atoms with E-state index in [1.165, 1.54) is 32.4 Å². The first-order valence-corrected chi connectivity index (χ1v) is 7.60. The van der Waals surface area contributed by atoms with Gasteiger partial charge in [0.15, 0.2) is 11.5 Å². The van der Waals surface area contributed by atoms with Crippen LogP contribution in [0.4, 0.5) is 0 Å². The van der Waals surface area contributed by atoms with Gasteiger partial charge in [-0.15, -0.1) is 0 Å². The molecule has 2 aliphatic rings. The van der Waals surface area contributed by atoms with Gasteiger partial charge in [0.1, 0.15) is 6.61 Å². The fraction of sp³-hybridized carbons (Fsp3) is 0.625. The molecule has 1 aromatic rings. The van der Waals surface area contributed by atoms with Crippen molar-refractivity contribution in [2.45, 2.75) is 31.3 Å². The van der Waals surface area contributed by atoms with E-state index < -0.39 is 0 Å². The molecule has 0 amide bonds. The topological polar surface area (TPSA) is 33.7 Å². The SMILES string of the molecule is COc1ccccc1OCCNC1CCN(C2CC2)C1. The molecule has 1 aromatic carbocycles. The summed E-state index contributed by atoms with van der Waals surface area (Å²) < 4.78 is 11.0. The van der Waals surface area contributed by atoms with E-state index in [1.807, 2.05) is 24.3 Å². The second-order valence-electron chi connectivity index (χ2n) is 5.67. The largest absolute Gasteiger partial charge is 0.493 e. The van der Waals surface area contributed by atoms with Gasteiger partial charge in [-0.1, -0.05) is 12.1 Å². The van der Waals surface area contributed by atoms with E-state index in [4.69, 9.17) is 9.47 Å². The Bertz CT molecular complexity index is 434. The predicted molar refractivity (Wildman–Crippen MR) is 79.5 cm³/mol. The zero-order valence-corrected chi connectivity index (χ0v) is 12.2. The number of ether oxygens (including phenoxy) is 2. The van der Waals surface area contributed by atoms with Crippen LogP contribution in [-0.2, 0) is 0 Å². The number of rotatable bonds is 7. The highest BCUT2D eigenvalue weighted by Crippen LogP contribution is 2.29. The minimum Gasteiger partial charge on any atom is -0.493 e. The monoisotopic (exact) mass is 276 g/mol. The quantitative estimate of drug-likeness (QED) is 0.771. The molecule has 2 fully saturated rings. The Balaban J connectivity index is 1.36. The maximum Gasteiger partial charge on any atom is 0.161 e. The van der Waals surface area contributed by atoms with Gasteiger partial charge in [0.25, 0.3) is 0 Å². The first kappa shape index (κ1) is 13.7. The number of hydrogen-bond donors (Lipinski definition) is 1. The van der Waals surface area contributed by atoms with Crippen molar-refractivity contribution in [2.75, 3.05) is 33.4 Å². The standard InChI is InChI=1S/C16H24N2O2/c1-19-15-4-2-3-5-16(15)20-11-9-17-13-8-10-18(12-13)14-6-7-14/h2-5,13-14,17H,6-12H2,1H3. The van der Waals surface area contributed by atoms with Crippen LogP contribution in [0.5, 0.6) is 11.5 Å². The number of benzene rings is 1. The summed E-state index contributed by atoms with van der Waals surface area (Å²) in [5.41, 5.74) is 0. The molecule has 4 heteroatoms. The molecule has 110 valence electrons. The molecule has 1 unspecified atom stereocenters. The number of likely N-dealkylation sites (tertiary alicyclic amines) is 1. The van der Waals surface area contributed by atoms with Crippen molar-refractivity contribution in [2.24, 2.45) is 0 Å². The molecule has 1 aliphatic heterocycles. The summed E-state index contributed by atoms with van der Waals surface area (Å²) in [4.78, 5) is 2.62. The van der Waals surface area contributed by atoms with E-state index in [9.17, 15) is 0 Å². The Labute approximate surface area is 121 Å². The molecule has 3 rings (SSSR count). The van der Waals surface area contributed by atoms with Gasteiger partial charge in [0.05, 0.1) is 7.11 Å². The highest BCUT2D eigenvalue weighted by Gasteiger charge is 2.33. The van der Waals surface area contributed by atoms with Crippen LogP contribution in [0.15, 0.2) is 24.3 Å². The zero-order valence-electron chi connectivity index (χ0n) is 12.2. The molecule has 1 heterocycles. The van der Waals surface area contributed by atoms with Gasteiger partial charge >= 0.3 is 0 Å². The van der Waals surface area contributed by atoms with E-state index >= 15 is 0 Å². The Kier molecular flexibility index (Phi) is 4.43. The first-order valence-electron chi connectivity index (χ1n) is 7.60. The van der Waals surface area contributed by atoms with Crippen LogP contribution >= 0.6 is 0 Å². The van der Waals surface area contributed by atoms with Crippen molar-refractivity contribution in [3.8, 4) is 11.5 Å². The van der Waals surface area contributed by atoms with Gasteiger partial charge in [-0.05, 0) is 31.4 Å². The molecular weight excluding hydrogens is 252 g/mol. The van der Waals surface area contributed by atoms with E-state index in [0.717, 1.165) is 24.1 Å². The van der Waals surface area contributed by atoms with Gasteiger partial charge < -0.3 is 14.8 Å². The molecule has 0 radical (unpaired) electrons. The molecule has 0 aromatic heterocycles. The molecule has 1 saturated carbocycles. The molecule has 0 spiro atoms. The summed E-state index contributed by atoms with van der Waals surface area (Å²) in [5.74, 6) is 1.62. The second-order valence-corrected chi connectivity index (χ2v) is 5.67. The van der Waals surface area contributed by atoms with Gasteiger partial charge in [-0.25, -0.2) is 0 Å². The van der Waals surface area contributed by atoms with Crippen LogP contribution in [0, 0.1) is 0 Å². The Morgan fingerprint density at radius 3 is 2.75 bits per heavy atom. The van der Waals surface area contributed by atoms with Crippen LogP contribution in [-0.4, -0.2) is 50.3 Å². The number of nitrogens with one attached hydrogen (secondary N) is 1. The maximum atomic E-state index is 5.77. The lowest BCUT2D eigenvalue weighted by molar-refractivity contribution is 0.280. The first-order chi connectivity index (χ1) is 9.86.